The van der Waals surface area contributed by atoms with E-state index in [1.807, 2.05) is 65.0 Å². The molecule has 6 heteroatoms. The van der Waals surface area contributed by atoms with Gasteiger partial charge in [0.2, 0.25) is 5.91 Å². The van der Waals surface area contributed by atoms with E-state index in [0.717, 1.165) is 39.0 Å². The molecule has 4 atom stereocenters. The van der Waals surface area contributed by atoms with Crippen molar-refractivity contribution in [1.29, 1.82) is 0 Å². The van der Waals surface area contributed by atoms with E-state index in [0.29, 0.717) is 36.1 Å². The van der Waals surface area contributed by atoms with Crippen LogP contribution in [0.25, 0.3) is 11.1 Å². The zero-order valence-electron chi connectivity index (χ0n) is 26.9. The van der Waals surface area contributed by atoms with E-state index in [1.165, 1.54) is 6.92 Å². The zero-order chi connectivity index (χ0) is 31.6. The minimum Gasteiger partial charge on any atom is -0.381 e. The van der Waals surface area contributed by atoms with E-state index in [9.17, 15) is 19.2 Å². The number of aryl methyl sites for hydroxylation is 1. The van der Waals surface area contributed by atoms with Gasteiger partial charge in [-0.3, -0.25) is 19.2 Å². The van der Waals surface area contributed by atoms with Crippen LogP contribution in [0.4, 0.5) is 5.69 Å². The number of hydrogen-bond donors (Lipinski definition) is 1. The van der Waals surface area contributed by atoms with Crippen LogP contribution in [0.3, 0.4) is 0 Å². The smallest absolute Gasteiger partial charge is 0.226 e. The Labute approximate surface area is 255 Å². The van der Waals surface area contributed by atoms with Gasteiger partial charge in [-0.2, -0.15) is 0 Å². The van der Waals surface area contributed by atoms with Crippen molar-refractivity contribution < 1.29 is 23.9 Å². The molecule has 0 aliphatic heterocycles. The van der Waals surface area contributed by atoms with Crippen LogP contribution in [0, 0.1) is 23.2 Å². The van der Waals surface area contributed by atoms with E-state index >= 15 is 0 Å². The molecule has 3 aliphatic carbocycles. The summed E-state index contributed by atoms with van der Waals surface area (Å²) >= 11 is 0. The highest BCUT2D eigenvalue weighted by atomic mass is 16.5. The third-order valence-corrected chi connectivity index (χ3v) is 10.7. The summed E-state index contributed by atoms with van der Waals surface area (Å²) in [6.07, 6.45) is 2.09. The molecule has 0 spiro atoms. The maximum Gasteiger partial charge on any atom is 0.226 e. The van der Waals surface area contributed by atoms with E-state index < -0.39 is 16.2 Å². The summed E-state index contributed by atoms with van der Waals surface area (Å²) in [7, 11) is 1.59. The number of carbonyl (C=O) groups is 4. The highest BCUT2D eigenvalue weighted by Crippen LogP contribution is 2.66. The molecule has 3 aliphatic rings. The number of allylic oxidation sites excluding steroid dienone is 4. The van der Waals surface area contributed by atoms with Crippen LogP contribution < -0.4 is 5.32 Å². The first kappa shape index (κ1) is 30.8. The maximum absolute atomic E-state index is 14.6. The third kappa shape index (κ3) is 4.66. The molecule has 0 aromatic heterocycles. The SMILES string of the molecule is COC(C)CC(=O)Nc1ccc(-c2ccc(C)c3c2C[C@@]2(C)C[C@@]4(C)CC(C)=C(C(C)=O)C(=O)C4(C)C(C)=C2C3=O)cc1. The molecule has 1 N–H and O–H groups in total. The fourth-order valence-corrected chi connectivity index (χ4v) is 8.48. The van der Waals surface area contributed by atoms with Gasteiger partial charge in [-0.25, -0.2) is 0 Å². The van der Waals surface area contributed by atoms with E-state index in [1.54, 1.807) is 7.11 Å². The summed E-state index contributed by atoms with van der Waals surface area (Å²) in [5.74, 6) is -0.468. The quantitative estimate of drug-likeness (QED) is 0.360. The largest absolute Gasteiger partial charge is 0.381 e. The first-order valence-corrected chi connectivity index (χ1v) is 15.2. The topological polar surface area (TPSA) is 89.5 Å². The number of fused-ring (bicyclic) bond motifs is 3. The van der Waals surface area contributed by atoms with Gasteiger partial charge in [0, 0.05) is 29.3 Å². The van der Waals surface area contributed by atoms with Crippen molar-refractivity contribution >= 4 is 28.9 Å². The van der Waals surface area contributed by atoms with Gasteiger partial charge in [0.05, 0.1) is 23.5 Å². The number of amides is 1. The van der Waals surface area contributed by atoms with Crippen LogP contribution >= 0.6 is 0 Å². The van der Waals surface area contributed by atoms with Crippen molar-refractivity contribution in [1.82, 2.24) is 0 Å². The Hall–Kier alpha value is -3.64. The highest BCUT2D eigenvalue weighted by Gasteiger charge is 2.63. The summed E-state index contributed by atoms with van der Waals surface area (Å²) in [5, 5.41) is 2.93. The summed E-state index contributed by atoms with van der Waals surface area (Å²) in [5.41, 5.74) is 6.21. The molecule has 0 radical (unpaired) electrons. The number of ether oxygens (including phenoxy) is 1. The number of carbonyl (C=O) groups excluding carboxylic acids is 4. The van der Waals surface area contributed by atoms with Crippen LogP contribution in [0.5, 0.6) is 0 Å². The second-order valence-corrected chi connectivity index (χ2v) is 13.8. The molecule has 0 saturated carbocycles. The van der Waals surface area contributed by atoms with Crippen LogP contribution in [0.1, 0.15) is 89.2 Å². The van der Waals surface area contributed by atoms with E-state index in [4.69, 9.17) is 4.74 Å². The number of benzene rings is 2. The number of nitrogens with one attached hydrogen (secondary N) is 1. The summed E-state index contributed by atoms with van der Waals surface area (Å²) in [4.78, 5) is 53.6. The first-order valence-electron chi connectivity index (χ1n) is 15.2. The normalized spacial score (nSPS) is 27.4. The lowest BCUT2D eigenvalue weighted by Gasteiger charge is -2.59. The van der Waals surface area contributed by atoms with Gasteiger partial charge < -0.3 is 10.1 Å². The molecule has 2 aromatic rings. The first-order chi connectivity index (χ1) is 20.1. The van der Waals surface area contributed by atoms with Gasteiger partial charge in [-0.1, -0.05) is 49.3 Å². The monoisotopic (exact) mass is 581 g/mol. The fourth-order valence-electron chi connectivity index (χ4n) is 8.48. The molecule has 2 unspecified atom stereocenters. The number of anilines is 1. The summed E-state index contributed by atoms with van der Waals surface area (Å²) in [6, 6.07) is 11.8. The molecule has 2 aromatic carbocycles. The van der Waals surface area contributed by atoms with Crippen molar-refractivity contribution in [3.63, 3.8) is 0 Å². The maximum atomic E-state index is 14.6. The Balaban J connectivity index is 1.59. The standard InChI is InChI=1S/C37H43NO5/c1-20-10-15-27(25-11-13-26(14-12-25)38-29(40)16-22(3)43-9)28-18-35(6)19-36(7)17-21(2)30(24(5)39)34(42)37(36,8)23(4)32(35)33(41)31(20)28/h10-15,22H,16-19H2,1-9H3,(H,38,40)/t22?,35-,36+,37?/m0/s1. The Morgan fingerprint density at radius 3 is 2.23 bits per heavy atom. The molecule has 1 amide bonds. The van der Waals surface area contributed by atoms with E-state index in [2.05, 4.69) is 25.2 Å². The Bertz CT molecular complexity index is 1640. The van der Waals surface area contributed by atoms with Crippen molar-refractivity contribution in [3.05, 3.63) is 75.4 Å². The number of Topliss-reactive ketones (excluding diaryl/α,β-unsaturated/α-hetero) is 3. The van der Waals surface area contributed by atoms with Gasteiger partial charge in [-0.05, 0) is 101 Å². The van der Waals surface area contributed by atoms with Crippen LogP contribution in [-0.4, -0.2) is 36.5 Å². The minimum atomic E-state index is -0.928. The molecule has 0 heterocycles. The van der Waals surface area contributed by atoms with E-state index in [-0.39, 0.29) is 35.8 Å². The van der Waals surface area contributed by atoms with Gasteiger partial charge in [-0.15, -0.1) is 0 Å². The van der Waals surface area contributed by atoms with Gasteiger partial charge in [0.25, 0.3) is 0 Å². The molecular formula is C37H43NO5. The lowest BCUT2D eigenvalue weighted by atomic mass is 9.42. The second kappa shape index (κ2) is 10.5. The van der Waals surface area contributed by atoms with Gasteiger partial charge in [0.15, 0.2) is 17.3 Å². The lowest BCUT2D eigenvalue weighted by molar-refractivity contribution is -0.134. The third-order valence-electron chi connectivity index (χ3n) is 10.7. The highest BCUT2D eigenvalue weighted by molar-refractivity contribution is 6.24. The Kier molecular flexibility index (Phi) is 7.53. The van der Waals surface area contributed by atoms with Crippen LogP contribution in [0.15, 0.2) is 58.7 Å². The van der Waals surface area contributed by atoms with Gasteiger partial charge in [0.1, 0.15) is 0 Å². The minimum absolute atomic E-state index is 0.0107. The Morgan fingerprint density at radius 1 is 0.977 bits per heavy atom. The fraction of sp³-hybridized carbons (Fsp3) is 0.459. The number of methoxy groups -OCH3 is 1. The summed E-state index contributed by atoms with van der Waals surface area (Å²) in [6.45, 7) is 15.4. The van der Waals surface area contributed by atoms with Crippen LogP contribution in [0.2, 0.25) is 0 Å². The lowest BCUT2D eigenvalue weighted by Crippen LogP contribution is -2.57. The molecule has 0 saturated heterocycles. The van der Waals surface area contributed by atoms with Crippen molar-refractivity contribution in [3.8, 4) is 11.1 Å². The number of rotatable bonds is 6. The molecule has 226 valence electrons. The molecule has 5 rings (SSSR count). The molecule has 6 nitrogen and oxygen atoms in total. The van der Waals surface area contributed by atoms with Crippen LogP contribution in [-0.2, 0) is 25.5 Å². The zero-order valence-corrected chi connectivity index (χ0v) is 26.9. The molecule has 0 fully saturated rings. The second-order valence-electron chi connectivity index (χ2n) is 13.8. The average Bonchev–Trinajstić information content (AvgIpc) is 2.91. The molecular weight excluding hydrogens is 538 g/mol. The predicted molar refractivity (Wildman–Crippen MR) is 169 cm³/mol. The number of hydrogen-bond acceptors (Lipinski definition) is 5. The van der Waals surface area contributed by atoms with Crippen molar-refractivity contribution in [2.75, 3.05) is 12.4 Å². The van der Waals surface area contributed by atoms with Crippen molar-refractivity contribution in [2.24, 2.45) is 16.2 Å². The molecule has 0 bridgehead atoms. The summed E-state index contributed by atoms with van der Waals surface area (Å²) < 4.78 is 5.20. The number of ketones is 3. The Morgan fingerprint density at radius 2 is 1.63 bits per heavy atom. The average molecular weight is 582 g/mol. The van der Waals surface area contributed by atoms with Crippen molar-refractivity contribution in [2.45, 2.75) is 87.2 Å². The predicted octanol–water partition coefficient (Wildman–Crippen LogP) is 7.38. The molecule has 43 heavy (non-hydrogen) atoms. The van der Waals surface area contributed by atoms with Gasteiger partial charge >= 0.3 is 0 Å².